The third kappa shape index (κ3) is 6.06. The van der Waals surface area contributed by atoms with Gasteiger partial charge in [0.2, 0.25) is 0 Å². The molecule has 1 N–H and O–H groups in total. The van der Waals surface area contributed by atoms with Crippen LogP contribution in [0.5, 0.6) is 0 Å². The van der Waals surface area contributed by atoms with Gasteiger partial charge in [0, 0.05) is 13.8 Å². The Balaban J connectivity index is 4.22. The molecule has 0 aliphatic rings. The lowest BCUT2D eigenvalue weighted by molar-refractivity contribution is -0.161. The van der Waals surface area contributed by atoms with Crippen molar-refractivity contribution in [3.05, 3.63) is 0 Å². The van der Waals surface area contributed by atoms with E-state index in [1.165, 1.54) is 13.8 Å². The van der Waals surface area contributed by atoms with E-state index in [1.807, 2.05) is 13.8 Å². The first-order valence-corrected chi connectivity index (χ1v) is 4.83. The van der Waals surface area contributed by atoms with E-state index in [-0.39, 0.29) is 12.5 Å². The van der Waals surface area contributed by atoms with E-state index in [1.54, 1.807) is 0 Å². The van der Waals surface area contributed by atoms with Gasteiger partial charge in [-0.3, -0.25) is 9.59 Å². The number of hydrogen-bond acceptors (Lipinski definition) is 5. The maximum absolute atomic E-state index is 10.8. The van der Waals surface area contributed by atoms with Gasteiger partial charge in [0.15, 0.2) is 0 Å². The Morgan fingerprint density at radius 2 is 1.73 bits per heavy atom. The largest absolute Gasteiger partial charge is 0.463 e. The molecule has 0 amide bonds. The molecule has 0 aliphatic carbocycles. The van der Waals surface area contributed by atoms with Crippen molar-refractivity contribution in [2.24, 2.45) is 5.92 Å². The first-order valence-electron chi connectivity index (χ1n) is 4.83. The second-order valence-corrected chi connectivity index (χ2v) is 3.69. The van der Waals surface area contributed by atoms with Crippen LogP contribution in [-0.4, -0.2) is 35.9 Å². The summed E-state index contributed by atoms with van der Waals surface area (Å²) in [6.07, 6.45) is -1.64. The summed E-state index contributed by atoms with van der Waals surface area (Å²) in [4.78, 5) is 21.3. The summed E-state index contributed by atoms with van der Waals surface area (Å²) in [5, 5.41) is 9.62. The standard InChI is InChI=1S/C10H18O5/c1-6(2)10(15-8(4)12)9(13)5-14-7(3)11/h6,9-10,13H,5H2,1-4H3/t9-,10+/m0/s1. The normalized spacial score (nSPS) is 14.5. The number of rotatable bonds is 5. The average Bonchev–Trinajstić information content (AvgIpc) is 2.09. The Hall–Kier alpha value is -1.10. The highest BCUT2D eigenvalue weighted by atomic mass is 16.6. The van der Waals surface area contributed by atoms with E-state index in [9.17, 15) is 14.7 Å². The van der Waals surface area contributed by atoms with E-state index in [0.29, 0.717) is 0 Å². The van der Waals surface area contributed by atoms with Gasteiger partial charge in [0.05, 0.1) is 0 Å². The van der Waals surface area contributed by atoms with E-state index < -0.39 is 24.1 Å². The minimum atomic E-state index is -0.988. The van der Waals surface area contributed by atoms with Crippen molar-refractivity contribution < 1.29 is 24.2 Å². The molecule has 0 aromatic carbocycles. The SMILES string of the molecule is CC(=O)OC[C@H](O)[C@H](OC(C)=O)C(C)C. The molecule has 0 saturated carbocycles. The van der Waals surface area contributed by atoms with Crippen LogP contribution in [-0.2, 0) is 19.1 Å². The number of aliphatic hydroxyl groups is 1. The first-order chi connectivity index (χ1) is 6.84. The summed E-state index contributed by atoms with van der Waals surface area (Å²) < 4.78 is 9.56. The van der Waals surface area contributed by atoms with Crippen LogP contribution in [0.3, 0.4) is 0 Å². The second-order valence-electron chi connectivity index (χ2n) is 3.69. The van der Waals surface area contributed by atoms with E-state index in [4.69, 9.17) is 4.74 Å². The van der Waals surface area contributed by atoms with Crippen molar-refractivity contribution in [3.8, 4) is 0 Å². The third-order valence-electron chi connectivity index (χ3n) is 1.80. The molecule has 0 rings (SSSR count). The predicted octanol–water partition coefficient (Wildman–Crippen LogP) is 0.498. The fourth-order valence-electron chi connectivity index (χ4n) is 1.15. The number of ether oxygens (including phenoxy) is 2. The van der Waals surface area contributed by atoms with E-state index in [2.05, 4.69) is 4.74 Å². The second kappa shape index (κ2) is 6.40. The van der Waals surface area contributed by atoms with Gasteiger partial charge >= 0.3 is 11.9 Å². The van der Waals surface area contributed by atoms with Crippen LogP contribution in [0.25, 0.3) is 0 Å². The van der Waals surface area contributed by atoms with Crippen LogP contribution in [0.15, 0.2) is 0 Å². The fourth-order valence-corrected chi connectivity index (χ4v) is 1.15. The topological polar surface area (TPSA) is 72.8 Å². The quantitative estimate of drug-likeness (QED) is 0.680. The van der Waals surface area contributed by atoms with Crippen LogP contribution in [0, 0.1) is 5.92 Å². The number of hydrogen-bond donors (Lipinski definition) is 1. The fraction of sp³-hybridized carbons (Fsp3) is 0.800. The Labute approximate surface area is 89.4 Å². The average molecular weight is 218 g/mol. The molecule has 15 heavy (non-hydrogen) atoms. The monoisotopic (exact) mass is 218 g/mol. The lowest BCUT2D eigenvalue weighted by Crippen LogP contribution is -2.38. The van der Waals surface area contributed by atoms with Crippen molar-refractivity contribution in [2.45, 2.75) is 39.9 Å². The van der Waals surface area contributed by atoms with Gasteiger partial charge < -0.3 is 14.6 Å². The molecule has 0 aromatic rings. The summed E-state index contributed by atoms with van der Waals surface area (Å²) in [6, 6.07) is 0. The number of carbonyl (C=O) groups excluding carboxylic acids is 2. The number of esters is 2. The highest BCUT2D eigenvalue weighted by Crippen LogP contribution is 2.12. The molecule has 0 saturated heterocycles. The molecule has 0 fully saturated rings. The zero-order valence-electron chi connectivity index (χ0n) is 9.52. The van der Waals surface area contributed by atoms with Crippen LogP contribution in [0.4, 0.5) is 0 Å². The Morgan fingerprint density at radius 3 is 2.07 bits per heavy atom. The molecule has 0 bridgehead atoms. The molecular formula is C10H18O5. The van der Waals surface area contributed by atoms with Crippen LogP contribution < -0.4 is 0 Å². The summed E-state index contributed by atoms with van der Waals surface area (Å²) in [5.41, 5.74) is 0. The Bertz CT molecular complexity index is 224. The molecular weight excluding hydrogens is 200 g/mol. The highest BCUT2D eigenvalue weighted by molar-refractivity contribution is 5.66. The van der Waals surface area contributed by atoms with Gasteiger partial charge in [-0.25, -0.2) is 0 Å². The van der Waals surface area contributed by atoms with Crippen LogP contribution >= 0.6 is 0 Å². The lowest BCUT2D eigenvalue weighted by atomic mass is 10.0. The molecule has 0 aromatic heterocycles. The van der Waals surface area contributed by atoms with Crippen molar-refractivity contribution in [2.75, 3.05) is 6.61 Å². The number of carbonyl (C=O) groups is 2. The first kappa shape index (κ1) is 13.9. The molecule has 0 radical (unpaired) electrons. The molecule has 0 heterocycles. The van der Waals surface area contributed by atoms with Crippen molar-refractivity contribution in [1.29, 1.82) is 0 Å². The zero-order chi connectivity index (χ0) is 12.0. The van der Waals surface area contributed by atoms with Crippen molar-refractivity contribution >= 4 is 11.9 Å². The summed E-state index contributed by atoms with van der Waals surface area (Å²) >= 11 is 0. The maximum Gasteiger partial charge on any atom is 0.303 e. The summed E-state index contributed by atoms with van der Waals surface area (Å²) in [6.45, 7) is 5.98. The van der Waals surface area contributed by atoms with Gasteiger partial charge in [0.1, 0.15) is 18.8 Å². The molecule has 5 heteroatoms. The van der Waals surface area contributed by atoms with Crippen LogP contribution in [0.2, 0.25) is 0 Å². The van der Waals surface area contributed by atoms with Gasteiger partial charge in [-0.1, -0.05) is 13.8 Å². The van der Waals surface area contributed by atoms with E-state index >= 15 is 0 Å². The van der Waals surface area contributed by atoms with Gasteiger partial charge in [-0.05, 0) is 5.92 Å². The van der Waals surface area contributed by atoms with Crippen molar-refractivity contribution in [3.63, 3.8) is 0 Å². The predicted molar refractivity (Wildman–Crippen MR) is 53.0 cm³/mol. The minimum absolute atomic E-state index is 0.0422. The third-order valence-corrected chi connectivity index (χ3v) is 1.80. The molecule has 5 nitrogen and oxygen atoms in total. The Morgan fingerprint density at radius 1 is 1.20 bits per heavy atom. The zero-order valence-corrected chi connectivity index (χ0v) is 9.52. The van der Waals surface area contributed by atoms with Gasteiger partial charge in [-0.15, -0.1) is 0 Å². The minimum Gasteiger partial charge on any atom is -0.463 e. The maximum atomic E-state index is 10.8. The van der Waals surface area contributed by atoms with Crippen LogP contribution in [0.1, 0.15) is 27.7 Å². The molecule has 88 valence electrons. The highest BCUT2D eigenvalue weighted by Gasteiger charge is 2.26. The lowest BCUT2D eigenvalue weighted by Gasteiger charge is -2.25. The molecule has 2 atom stereocenters. The van der Waals surface area contributed by atoms with Gasteiger partial charge in [-0.2, -0.15) is 0 Å². The molecule has 0 aliphatic heterocycles. The van der Waals surface area contributed by atoms with Crippen molar-refractivity contribution in [1.82, 2.24) is 0 Å². The van der Waals surface area contributed by atoms with Gasteiger partial charge in [0.25, 0.3) is 0 Å². The summed E-state index contributed by atoms with van der Waals surface area (Å²) in [7, 11) is 0. The summed E-state index contributed by atoms with van der Waals surface area (Å²) in [5.74, 6) is -0.977. The molecule has 0 unspecified atom stereocenters. The smallest absolute Gasteiger partial charge is 0.303 e. The molecule has 0 spiro atoms. The Kier molecular flexibility index (Phi) is 5.93. The number of aliphatic hydroxyl groups excluding tert-OH is 1. The van der Waals surface area contributed by atoms with E-state index in [0.717, 1.165) is 0 Å².